The lowest BCUT2D eigenvalue weighted by atomic mass is 10.1. The van der Waals surface area contributed by atoms with Crippen LogP contribution in [0.5, 0.6) is 0 Å². The molecule has 0 aliphatic rings. The summed E-state index contributed by atoms with van der Waals surface area (Å²) in [4.78, 5) is 38.2. The second-order valence-electron chi connectivity index (χ2n) is 22.4. The molecule has 0 amide bonds. The van der Waals surface area contributed by atoms with Crippen LogP contribution in [0.4, 0.5) is 0 Å². The molecule has 0 radical (unpaired) electrons. The first-order valence-electron chi connectivity index (χ1n) is 34.2. The molecule has 6 heteroatoms. The van der Waals surface area contributed by atoms with Gasteiger partial charge in [0.15, 0.2) is 6.10 Å². The number of carbonyl (C=O) groups excluding carboxylic acids is 3. The molecule has 0 aliphatic carbocycles. The van der Waals surface area contributed by atoms with Gasteiger partial charge in [0.05, 0.1) is 0 Å². The van der Waals surface area contributed by atoms with Gasteiger partial charge in [0.1, 0.15) is 13.2 Å². The number of hydrogen-bond donors (Lipinski definition) is 0. The Balaban J connectivity index is 4.23. The molecule has 0 fully saturated rings. The van der Waals surface area contributed by atoms with Crippen molar-refractivity contribution in [2.45, 2.75) is 316 Å². The third kappa shape index (κ3) is 66.4. The van der Waals surface area contributed by atoms with Gasteiger partial charge < -0.3 is 14.2 Å². The molecule has 0 saturated heterocycles. The highest BCUT2D eigenvalue weighted by atomic mass is 16.6. The summed E-state index contributed by atoms with van der Waals surface area (Å²) in [6, 6.07) is 0. The minimum atomic E-state index is -0.791. The van der Waals surface area contributed by atoms with Crippen molar-refractivity contribution in [1.29, 1.82) is 0 Å². The molecular formula is C76H126O6. The maximum atomic E-state index is 12.9. The summed E-state index contributed by atoms with van der Waals surface area (Å²) in [7, 11) is 0. The SMILES string of the molecule is CC/C=C\C/C=C\C/C=C\C/C=C\C/C=C\C/C=C\C/C=C\C/C=C\C/C=C\C/C=C\CCCCCCC(=O)OCC(COC(=O)CCCCCCCCCC)OC(=O)CCCCCCCCCCC/C=C\CCCCCCCCCC. The van der Waals surface area contributed by atoms with E-state index >= 15 is 0 Å². The van der Waals surface area contributed by atoms with Gasteiger partial charge in [-0.1, -0.05) is 302 Å². The third-order valence-electron chi connectivity index (χ3n) is 14.4. The predicted octanol–water partition coefficient (Wildman–Crippen LogP) is 23.7. The van der Waals surface area contributed by atoms with Crippen LogP contribution in [0.15, 0.2) is 134 Å². The second kappa shape index (κ2) is 69.0. The van der Waals surface area contributed by atoms with Gasteiger partial charge in [-0.3, -0.25) is 14.4 Å². The first kappa shape index (κ1) is 77.5. The number of unbranched alkanes of at least 4 members (excludes halogenated alkanes) is 28. The van der Waals surface area contributed by atoms with E-state index in [1.165, 1.54) is 135 Å². The summed E-state index contributed by atoms with van der Waals surface area (Å²) >= 11 is 0. The molecule has 0 aromatic rings. The Morgan fingerprint density at radius 2 is 0.476 bits per heavy atom. The zero-order valence-electron chi connectivity index (χ0n) is 53.5. The minimum absolute atomic E-state index is 0.0873. The van der Waals surface area contributed by atoms with Crippen LogP contribution in [-0.2, 0) is 28.6 Å². The Bertz CT molecular complexity index is 1730. The topological polar surface area (TPSA) is 78.9 Å². The molecule has 1 atom stereocenters. The lowest BCUT2D eigenvalue weighted by molar-refractivity contribution is -0.167. The molecule has 6 nitrogen and oxygen atoms in total. The third-order valence-corrected chi connectivity index (χ3v) is 14.4. The number of allylic oxidation sites excluding steroid dienone is 22. The highest BCUT2D eigenvalue weighted by Gasteiger charge is 2.19. The molecule has 0 saturated carbocycles. The molecule has 466 valence electrons. The number of esters is 3. The second-order valence-corrected chi connectivity index (χ2v) is 22.4. The fourth-order valence-corrected chi connectivity index (χ4v) is 9.29. The van der Waals surface area contributed by atoms with Crippen LogP contribution in [-0.4, -0.2) is 37.2 Å². The summed E-state index contributed by atoms with van der Waals surface area (Å²) in [5.41, 5.74) is 0. The minimum Gasteiger partial charge on any atom is -0.462 e. The molecule has 0 aliphatic heterocycles. The molecule has 0 bridgehead atoms. The summed E-state index contributed by atoms with van der Waals surface area (Å²) in [6.45, 7) is 6.49. The number of carbonyl (C=O) groups is 3. The van der Waals surface area contributed by atoms with Crippen molar-refractivity contribution in [3.8, 4) is 0 Å². The number of rotatable bonds is 61. The van der Waals surface area contributed by atoms with Gasteiger partial charge in [-0.25, -0.2) is 0 Å². The predicted molar refractivity (Wildman–Crippen MR) is 357 cm³/mol. The van der Waals surface area contributed by atoms with Crippen molar-refractivity contribution in [3.05, 3.63) is 134 Å². The zero-order valence-corrected chi connectivity index (χ0v) is 53.5. The van der Waals surface area contributed by atoms with E-state index in [-0.39, 0.29) is 31.1 Å². The highest BCUT2D eigenvalue weighted by Crippen LogP contribution is 2.16. The average Bonchev–Trinajstić information content (AvgIpc) is 3.47. The molecule has 0 N–H and O–H groups in total. The van der Waals surface area contributed by atoms with E-state index in [1.54, 1.807) is 0 Å². The van der Waals surface area contributed by atoms with Crippen molar-refractivity contribution in [1.82, 2.24) is 0 Å². The van der Waals surface area contributed by atoms with Gasteiger partial charge >= 0.3 is 17.9 Å². The summed E-state index contributed by atoms with van der Waals surface area (Å²) in [6.07, 6.45) is 97.7. The van der Waals surface area contributed by atoms with Gasteiger partial charge in [-0.15, -0.1) is 0 Å². The van der Waals surface area contributed by atoms with Gasteiger partial charge in [-0.05, 0) is 122 Å². The van der Waals surface area contributed by atoms with Crippen molar-refractivity contribution >= 4 is 17.9 Å². The van der Waals surface area contributed by atoms with Crippen LogP contribution in [0.1, 0.15) is 310 Å². The largest absolute Gasteiger partial charge is 0.462 e. The fraction of sp³-hybridized carbons (Fsp3) is 0.671. The van der Waals surface area contributed by atoms with Crippen molar-refractivity contribution < 1.29 is 28.6 Å². The van der Waals surface area contributed by atoms with Crippen molar-refractivity contribution in [2.24, 2.45) is 0 Å². The lowest BCUT2D eigenvalue weighted by Crippen LogP contribution is -2.30. The molecule has 82 heavy (non-hydrogen) atoms. The Morgan fingerprint density at radius 3 is 0.756 bits per heavy atom. The lowest BCUT2D eigenvalue weighted by Gasteiger charge is -2.18. The highest BCUT2D eigenvalue weighted by molar-refractivity contribution is 5.71. The van der Waals surface area contributed by atoms with Gasteiger partial charge in [0, 0.05) is 19.3 Å². The van der Waals surface area contributed by atoms with Crippen molar-refractivity contribution in [3.63, 3.8) is 0 Å². The van der Waals surface area contributed by atoms with E-state index in [4.69, 9.17) is 14.2 Å². The van der Waals surface area contributed by atoms with Gasteiger partial charge in [-0.2, -0.15) is 0 Å². The van der Waals surface area contributed by atoms with Crippen LogP contribution in [0.3, 0.4) is 0 Å². The zero-order chi connectivity index (χ0) is 59.2. The molecular weight excluding hydrogens is 1010 g/mol. The number of ether oxygens (including phenoxy) is 3. The maximum Gasteiger partial charge on any atom is 0.306 e. The molecule has 0 rings (SSSR count). The first-order chi connectivity index (χ1) is 40.5. The van der Waals surface area contributed by atoms with Gasteiger partial charge in [0.25, 0.3) is 0 Å². The van der Waals surface area contributed by atoms with E-state index < -0.39 is 6.10 Å². The molecule has 0 spiro atoms. The van der Waals surface area contributed by atoms with E-state index in [0.29, 0.717) is 19.3 Å². The monoisotopic (exact) mass is 1130 g/mol. The van der Waals surface area contributed by atoms with Crippen molar-refractivity contribution in [2.75, 3.05) is 13.2 Å². The van der Waals surface area contributed by atoms with Crippen LogP contribution >= 0.6 is 0 Å². The maximum absolute atomic E-state index is 12.9. The quantitative estimate of drug-likeness (QED) is 0.0261. The Morgan fingerprint density at radius 1 is 0.256 bits per heavy atom. The van der Waals surface area contributed by atoms with E-state index in [0.717, 1.165) is 135 Å². The smallest absolute Gasteiger partial charge is 0.306 e. The van der Waals surface area contributed by atoms with Crippen LogP contribution in [0.2, 0.25) is 0 Å². The first-order valence-corrected chi connectivity index (χ1v) is 34.2. The standard InChI is InChI=1S/C76H126O6/c1-4-7-10-13-16-19-21-23-25-27-29-31-32-33-34-35-36-37-38-39-40-41-42-43-44-46-47-49-51-53-55-57-60-63-66-69-75(78)81-72-73(71-80-74(77)68-65-62-59-18-15-12-9-6-3)82-76(79)70-67-64-61-58-56-54-52-50-48-45-30-28-26-24-22-20-17-14-11-8-5-2/h7,10,16,19,23,25,28-31,33-34,36-37,39-40,42-43,46-47,51,53,73H,4-6,8-9,11-15,17-18,20-22,24,26-27,32,35,38,41,44-45,48-50,52,54-72H2,1-3H3/b10-7-,19-16-,25-23-,30-28-,31-29-,34-33-,37-36-,40-39-,43-42-,47-46-,53-51-. The Labute approximate surface area is 506 Å². The Kier molecular flexibility index (Phi) is 65.3. The van der Waals surface area contributed by atoms with E-state index in [9.17, 15) is 14.4 Å². The molecule has 0 aromatic carbocycles. The molecule has 1 unspecified atom stereocenters. The van der Waals surface area contributed by atoms with Crippen LogP contribution in [0.25, 0.3) is 0 Å². The van der Waals surface area contributed by atoms with E-state index in [1.807, 2.05) is 0 Å². The van der Waals surface area contributed by atoms with Crippen LogP contribution < -0.4 is 0 Å². The summed E-state index contributed by atoms with van der Waals surface area (Å²) < 4.78 is 16.9. The molecule has 0 heterocycles. The van der Waals surface area contributed by atoms with Crippen LogP contribution in [0, 0.1) is 0 Å². The molecule has 0 aromatic heterocycles. The normalized spacial score (nSPS) is 13.0. The van der Waals surface area contributed by atoms with E-state index in [2.05, 4.69) is 154 Å². The average molecular weight is 1140 g/mol. The Hall–Kier alpha value is -4.45. The van der Waals surface area contributed by atoms with Gasteiger partial charge in [0.2, 0.25) is 0 Å². The fourth-order valence-electron chi connectivity index (χ4n) is 9.29. The summed E-state index contributed by atoms with van der Waals surface area (Å²) in [5.74, 6) is -0.915. The number of hydrogen-bond acceptors (Lipinski definition) is 6. The summed E-state index contributed by atoms with van der Waals surface area (Å²) in [5, 5.41) is 0.